The van der Waals surface area contributed by atoms with Gasteiger partial charge in [0.2, 0.25) is 0 Å². The first-order valence-corrected chi connectivity index (χ1v) is 11.0. The average molecular weight is 461 g/mol. The number of amides is 2. The van der Waals surface area contributed by atoms with E-state index in [9.17, 15) is 4.79 Å². The van der Waals surface area contributed by atoms with Gasteiger partial charge in [-0.05, 0) is 60.3 Å². The third-order valence-electron chi connectivity index (χ3n) is 4.94. The molecule has 3 heterocycles. The van der Waals surface area contributed by atoms with Gasteiger partial charge in [-0.1, -0.05) is 35.9 Å². The molecule has 5 rings (SSSR count). The standard InChI is InChI=1S/C23H17ClN6OS/c1-14-17(24)7-3-8-18(14)26-23(31)25-16-6-2-5-15(13-16)19-10-11-21-27-28-22(30(21)29-19)20-9-4-12-32-20/h2-13H,1H3,(H2,25,26,31). The van der Waals surface area contributed by atoms with Gasteiger partial charge in [0, 0.05) is 22.0 Å². The molecule has 0 saturated heterocycles. The number of nitrogens with zero attached hydrogens (tertiary/aromatic N) is 4. The van der Waals surface area contributed by atoms with Crippen LogP contribution in [0.15, 0.2) is 72.1 Å². The Morgan fingerprint density at radius 1 is 1.00 bits per heavy atom. The summed E-state index contributed by atoms with van der Waals surface area (Å²) in [5.41, 5.74) is 4.38. The number of hydrogen-bond acceptors (Lipinski definition) is 5. The largest absolute Gasteiger partial charge is 0.323 e. The van der Waals surface area contributed by atoms with Gasteiger partial charge in [-0.3, -0.25) is 0 Å². The number of hydrogen-bond donors (Lipinski definition) is 2. The summed E-state index contributed by atoms with van der Waals surface area (Å²) >= 11 is 7.72. The van der Waals surface area contributed by atoms with Crippen molar-refractivity contribution in [2.75, 3.05) is 10.6 Å². The fourth-order valence-electron chi connectivity index (χ4n) is 3.29. The van der Waals surface area contributed by atoms with Crippen molar-refractivity contribution < 1.29 is 4.79 Å². The van der Waals surface area contributed by atoms with Gasteiger partial charge in [-0.15, -0.1) is 21.5 Å². The zero-order chi connectivity index (χ0) is 22.1. The van der Waals surface area contributed by atoms with Crippen molar-refractivity contribution in [3.05, 3.63) is 82.7 Å². The van der Waals surface area contributed by atoms with E-state index >= 15 is 0 Å². The molecule has 3 aromatic heterocycles. The van der Waals surface area contributed by atoms with Crippen LogP contribution in [-0.4, -0.2) is 25.8 Å². The van der Waals surface area contributed by atoms with Gasteiger partial charge >= 0.3 is 6.03 Å². The van der Waals surface area contributed by atoms with E-state index < -0.39 is 0 Å². The first-order chi connectivity index (χ1) is 15.6. The second-order valence-corrected chi connectivity index (χ2v) is 8.42. The molecule has 0 aliphatic carbocycles. The van der Waals surface area contributed by atoms with E-state index in [1.807, 2.05) is 60.8 Å². The molecule has 0 aliphatic heterocycles. The van der Waals surface area contributed by atoms with E-state index in [4.69, 9.17) is 16.7 Å². The molecule has 0 fully saturated rings. The SMILES string of the molecule is Cc1c(Cl)cccc1NC(=O)Nc1cccc(-c2ccc3nnc(-c4cccs4)n3n2)c1. The highest BCUT2D eigenvalue weighted by Gasteiger charge is 2.12. The Morgan fingerprint density at radius 3 is 2.72 bits per heavy atom. The molecule has 7 nitrogen and oxygen atoms in total. The number of benzene rings is 2. The summed E-state index contributed by atoms with van der Waals surface area (Å²) in [6.07, 6.45) is 0. The molecule has 158 valence electrons. The maximum absolute atomic E-state index is 12.5. The van der Waals surface area contributed by atoms with Crippen molar-refractivity contribution in [3.63, 3.8) is 0 Å². The minimum Gasteiger partial charge on any atom is -0.308 e. The first kappa shape index (κ1) is 20.2. The highest BCUT2D eigenvalue weighted by atomic mass is 35.5. The number of carbonyl (C=O) groups is 1. The van der Waals surface area contributed by atoms with Crippen LogP contribution in [0.2, 0.25) is 5.02 Å². The molecule has 0 bridgehead atoms. The van der Waals surface area contributed by atoms with Gasteiger partial charge in [0.05, 0.1) is 10.6 Å². The third kappa shape index (κ3) is 3.93. The van der Waals surface area contributed by atoms with Gasteiger partial charge < -0.3 is 10.6 Å². The zero-order valence-electron chi connectivity index (χ0n) is 16.9. The smallest absolute Gasteiger partial charge is 0.308 e. The number of nitrogens with one attached hydrogen (secondary N) is 2. The Kier molecular flexibility index (Phi) is 5.30. The van der Waals surface area contributed by atoms with E-state index in [-0.39, 0.29) is 6.03 Å². The summed E-state index contributed by atoms with van der Waals surface area (Å²) in [5.74, 6) is 0.697. The van der Waals surface area contributed by atoms with Crippen LogP contribution in [0.1, 0.15) is 5.56 Å². The van der Waals surface area contributed by atoms with Crippen molar-refractivity contribution in [1.82, 2.24) is 19.8 Å². The summed E-state index contributed by atoms with van der Waals surface area (Å²) in [5, 5.41) is 21.5. The van der Waals surface area contributed by atoms with E-state index in [1.54, 1.807) is 34.1 Å². The van der Waals surface area contributed by atoms with E-state index in [1.165, 1.54) is 0 Å². The number of carbonyl (C=O) groups excluding carboxylic acids is 1. The van der Waals surface area contributed by atoms with Crippen LogP contribution < -0.4 is 10.6 Å². The molecule has 0 atom stereocenters. The Labute approximate surface area is 192 Å². The third-order valence-corrected chi connectivity index (χ3v) is 6.21. The van der Waals surface area contributed by atoms with E-state index in [2.05, 4.69) is 20.8 Å². The second kappa shape index (κ2) is 8.41. The van der Waals surface area contributed by atoms with Crippen LogP contribution in [-0.2, 0) is 0 Å². The van der Waals surface area contributed by atoms with Gasteiger partial charge in [0.15, 0.2) is 11.5 Å². The summed E-state index contributed by atoms with van der Waals surface area (Å²) in [6.45, 7) is 1.86. The lowest BCUT2D eigenvalue weighted by molar-refractivity contribution is 0.262. The van der Waals surface area contributed by atoms with Crippen molar-refractivity contribution in [3.8, 4) is 22.0 Å². The fourth-order valence-corrected chi connectivity index (χ4v) is 4.15. The molecule has 0 aliphatic rings. The molecule has 5 aromatic rings. The van der Waals surface area contributed by atoms with Crippen molar-refractivity contribution in [2.24, 2.45) is 0 Å². The van der Waals surface area contributed by atoms with Gasteiger partial charge in [-0.2, -0.15) is 9.61 Å². The summed E-state index contributed by atoms with van der Waals surface area (Å²) in [7, 11) is 0. The quantitative estimate of drug-likeness (QED) is 0.338. The summed E-state index contributed by atoms with van der Waals surface area (Å²) in [6, 6.07) is 20.2. The predicted molar refractivity (Wildman–Crippen MR) is 128 cm³/mol. The lowest BCUT2D eigenvalue weighted by atomic mass is 10.1. The Bertz CT molecular complexity index is 1430. The van der Waals surface area contributed by atoms with Crippen molar-refractivity contribution >= 4 is 46.0 Å². The first-order valence-electron chi connectivity index (χ1n) is 9.78. The Balaban J connectivity index is 1.40. The van der Waals surface area contributed by atoms with Crippen LogP contribution in [0.3, 0.4) is 0 Å². The summed E-state index contributed by atoms with van der Waals surface area (Å²) < 4.78 is 1.73. The number of fused-ring (bicyclic) bond motifs is 1. The average Bonchev–Trinajstić information content (AvgIpc) is 3.46. The predicted octanol–water partition coefficient (Wildman–Crippen LogP) is 6.13. The minimum absolute atomic E-state index is 0.352. The number of rotatable bonds is 4. The molecule has 0 unspecified atom stereocenters. The van der Waals surface area contributed by atoms with E-state index in [0.29, 0.717) is 27.9 Å². The molecule has 0 radical (unpaired) electrons. The Hall–Kier alpha value is -3.75. The highest BCUT2D eigenvalue weighted by Crippen LogP contribution is 2.26. The molecule has 0 spiro atoms. The van der Waals surface area contributed by atoms with Crippen LogP contribution in [0.5, 0.6) is 0 Å². The van der Waals surface area contributed by atoms with E-state index in [0.717, 1.165) is 21.7 Å². The van der Waals surface area contributed by atoms with Crippen LogP contribution in [0, 0.1) is 6.92 Å². The maximum atomic E-state index is 12.5. The molecule has 2 N–H and O–H groups in total. The maximum Gasteiger partial charge on any atom is 0.323 e. The lowest BCUT2D eigenvalue weighted by Gasteiger charge is -2.11. The van der Waals surface area contributed by atoms with Crippen LogP contribution >= 0.6 is 22.9 Å². The second-order valence-electron chi connectivity index (χ2n) is 7.06. The molecule has 0 saturated carbocycles. The number of urea groups is 1. The minimum atomic E-state index is -0.352. The number of anilines is 2. The topological polar surface area (TPSA) is 84.2 Å². The summed E-state index contributed by atoms with van der Waals surface area (Å²) in [4.78, 5) is 13.5. The lowest BCUT2D eigenvalue weighted by Crippen LogP contribution is -2.20. The van der Waals surface area contributed by atoms with Gasteiger partial charge in [0.1, 0.15) is 0 Å². The number of aromatic nitrogens is 4. The van der Waals surface area contributed by atoms with Crippen LogP contribution in [0.25, 0.3) is 27.6 Å². The highest BCUT2D eigenvalue weighted by molar-refractivity contribution is 7.13. The fraction of sp³-hybridized carbons (Fsp3) is 0.0435. The molecule has 32 heavy (non-hydrogen) atoms. The van der Waals surface area contributed by atoms with Gasteiger partial charge in [0.25, 0.3) is 0 Å². The van der Waals surface area contributed by atoms with Gasteiger partial charge in [-0.25, -0.2) is 4.79 Å². The van der Waals surface area contributed by atoms with Crippen molar-refractivity contribution in [1.29, 1.82) is 0 Å². The Morgan fingerprint density at radius 2 is 1.88 bits per heavy atom. The number of thiophene rings is 1. The molecule has 2 aromatic carbocycles. The molecule has 9 heteroatoms. The number of halogens is 1. The molecular formula is C23H17ClN6OS. The molecule has 2 amide bonds. The molecular weight excluding hydrogens is 444 g/mol. The zero-order valence-corrected chi connectivity index (χ0v) is 18.5. The monoisotopic (exact) mass is 460 g/mol. The van der Waals surface area contributed by atoms with Crippen molar-refractivity contribution in [2.45, 2.75) is 6.92 Å². The normalized spacial score (nSPS) is 10.9. The van der Waals surface area contributed by atoms with Crippen LogP contribution in [0.4, 0.5) is 16.2 Å².